The summed E-state index contributed by atoms with van der Waals surface area (Å²) in [4.78, 5) is 13.8. The van der Waals surface area contributed by atoms with Gasteiger partial charge in [-0.2, -0.15) is 0 Å². The Bertz CT molecular complexity index is 656. The molecule has 2 rings (SSSR count). The second-order valence-corrected chi connectivity index (χ2v) is 5.35. The number of benzene rings is 2. The van der Waals surface area contributed by atoms with Gasteiger partial charge < -0.3 is 20.1 Å². The fraction of sp³-hybridized carbons (Fsp3) is 0.278. The lowest BCUT2D eigenvalue weighted by Gasteiger charge is -2.26. The number of nitrogens with zero attached hydrogens (tertiary/aromatic N) is 1. The summed E-state index contributed by atoms with van der Waals surface area (Å²) in [5.41, 5.74) is 1.71. The second-order valence-electron chi connectivity index (χ2n) is 5.35. The summed E-state index contributed by atoms with van der Waals surface area (Å²) in [6, 6.07) is 14.1. The zero-order chi connectivity index (χ0) is 16.8. The van der Waals surface area contributed by atoms with Crippen LogP contribution in [0.15, 0.2) is 48.5 Å². The lowest BCUT2D eigenvalue weighted by atomic mass is 10.1. The van der Waals surface area contributed by atoms with Crippen LogP contribution in [-0.2, 0) is 6.54 Å². The van der Waals surface area contributed by atoms with Gasteiger partial charge in [-0.25, -0.2) is 4.79 Å². The minimum atomic E-state index is -0.230. The monoisotopic (exact) mass is 314 g/mol. The van der Waals surface area contributed by atoms with Crippen LogP contribution in [0.2, 0.25) is 0 Å². The summed E-state index contributed by atoms with van der Waals surface area (Å²) < 4.78 is 5.11. The third-order valence-electron chi connectivity index (χ3n) is 3.89. The van der Waals surface area contributed by atoms with Crippen LogP contribution in [0, 0.1) is 0 Å². The predicted molar refractivity (Wildman–Crippen MR) is 89.5 cm³/mol. The molecule has 2 N–H and O–H groups in total. The zero-order valence-electron chi connectivity index (χ0n) is 13.6. The summed E-state index contributed by atoms with van der Waals surface area (Å²) in [5.74, 6) is 0.972. The Kier molecular flexibility index (Phi) is 5.46. The van der Waals surface area contributed by atoms with E-state index >= 15 is 0 Å². The maximum absolute atomic E-state index is 12.3. The van der Waals surface area contributed by atoms with Crippen molar-refractivity contribution < 1.29 is 14.6 Å². The molecule has 0 fully saturated rings. The number of urea groups is 1. The maximum atomic E-state index is 12.3. The Labute approximate surface area is 136 Å². The molecule has 0 unspecified atom stereocenters. The third-order valence-corrected chi connectivity index (χ3v) is 3.89. The van der Waals surface area contributed by atoms with Crippen molar-refractivity contribution in [3.8, 4) is 11.5 Å². The minimum absolute atomic E-state index is 0.190. The first-order chi connectivity index (χ1) is 11.0. The summed E-state index contributed by atoms with van der Waals surface area (Å²) in [6.45, 7) is 2.31. The van der Waals surface area contributed by atoms with Crippen molar-refractivity contribution in [2.45, 2.75) is 19.5 Å². The van der Waals surface area contributed by atoms with Gasteiger partial charge in [-0.3, -0.25) is 0 Å². The van der Waals surface area contributed by atoms with E-state index in [2.05, 4.69) is 5.32 Å². The number of para-hydroxylation sites is 1. The fourth-order valence-corrected chi connectivity index (χ4v) is 2.27. The van der Waals surface area contributed by atoms with Gasteiger partial charge in [0.2, 0.25) is 0 Å². The largest absolute Gasteiger partial charge is 0.508 e. The highest BCUT2D eigenvalue weighted by atomic mass is 16.5. The number of hydrogen-bond donors (Lipinski definition) is 2. The summed E-state index contributed by atoms with van der Waals surface area (Å²) in [5, 5.41) is 12.8. The van der Waals surface area contributed by atoms with E-state index in [-0.39, 0.29) is 17.8 Å². The van der Waals surface area contributed by atoms with Crippen LogP contribution in [0.25, 0.3) is 0 Å². The zero-order valence-corrected chi connectivity index (χ0v) is 13.6. The Balaban J connectivity index is 1.95. The highest BCUT2D eigenvalue weighted by Gasteiger charge is 2.19. The SMILES string of the molecule is COc1ccc(CNC(=O)N(C)[C@H](C)c2ccccc2O)cc1. The van der Waals surface area contributed by atoms with Gasteiger partial charge >= 0.3 is 6.03 Å². The number of ether oxygens (including phenoxy) is 1. The number of aromatic hydroxyl groups is 1. The molecule has 2 amide bonds. The van der Waals surface area contributed by atoms with Crippen LogP contribution in [0.4, 0.5) is 4.79 Å². The second kappa shape index (κ2) is 7.54. The van der Waals surface area contributed by atoms with E-state index < -0.39 is 0 Å². The number of nitrogens with one attached hydrogen (secondary N) is 1. The molecule has 23 heavy (non-hydrogen) atoms. The van der Waals surface area contributed by atoms with Crippen molar-refractivity contribution >= 4 is 6.03 Å². The minimum Gasteiger partial charge on any atom is -0.508 e. The van der Waals surface area contributed by atoms with Crippen molar-refractivity contribution in [2.75, 3.05) is 14.2 Å². The van der Waals surface area contributed by atoms with E-state index in [0.29, 0.717) is 6.54 Å². The quantitative estimate of drug-likeness (QED) is 0.890. The molecule has 0 radical (unpaired) electrons. The molecule has 2 aromatic rings. The maximum Gasteiger partial charge on any atom is 0.317 e. The first kappa shape index (κ1) is 16.7. The number of hydrogen-bond acceptors (Lipinski definition) is 3. The normalized spacial score (nSPS) is 11.6. The molecule has 0 bridgehead atoms. The molecule has 0 spiro atoms. The van der Waals surface area contributed by atoms with Crippen molar-refractivity contribution in [2.24, 2.45) is 0 Å². The van der Waals surface area contributed by atoms with Crippen LogP contribution in [0.3, 0.4) is 0 Å². The van der Waals surface area contributed by atoms with Crippen LogP contribution >= 0.6 is 0 Å². The summed E-state index contributed by atoms with van der Waals surface area (Å²) in [7, 11) is 3.33. The summed E-state index contributed by atoms with van der Waals surface area (Å²) in [6.07, 6.45) is 0. The van der Waals surface area contributed by atoms with Crippen LogP contribution < -0.4 is 10.1 Å². The van der Waals surface area contributed by atoms with Crippen LogP contribution in [0.1, 0.15) is 24.1 Å². The highest BCUT2D eigenvalue weighted by Crippen LogP contribution is 2.27. The molecular weight excluding hydrogens is 292 g/mol. The molecule has 0 aromatic heterocycles. The van der Waals surface area contributed by atoms with Crippen LogP contribution in [0.5, 0.6) is 11.5 Å². The third kappa shape index (κ3) is 4.16. The molecule has 0 aliphatic carbocycles. The average Bonchev–Trinajstić information content (AvgIpc) is 2.59. The van der Waals surface area contributed by atoms with Gasteiger partial charge in [0.15, 0.2) is 0 Å². The molecule has 5 nitrogen and oxygen atoms in total. The van der Waals surface area contributed by atoms with E-state index in [4.69, 9.17) is 4.74 Å². The van der Waals surface area contributed by atoms with Gasteiger partial charge in [-0.05, 0) is 30.7 Å². The van der Waals surface area contributed by atoms with Crippen molar-refractivity contribution in [1.29, 1.82) is 0 Å². The van der Waals surface area contributed by atoms with Crippen molar-refractivity contribution in [3.63, 3.8) is 0 Å². The smallest absolute Gasteiger partial charge is 0.317 e. The molecule has 2 aromatic carbocycles. The number of methoxy groups -OCH3 is 1. The number of phenolic OH excluding ortho intramolecular Hbond substituents is 1. The lowest BCUT2D eigenvalue weighted by molar-refractivity contribution is 0.193. The van der Waals surface area contributed by atoms with E-state index in [1.54, 1.807) is 31.2 Å². The number of carbonyl (C=O) groups excluding carboxylic acids is 1. The Hall–Kier alpha value is -2.69. The molecule has 0 aliphatic rings. The van der Waals surface area contributed by atoms with E-state index in [0.717, 1.165) is 16.9 Å². The molecule has 0 heterocycles. The first-order valence-electron chi connectivity index (χ1n) is 7.44. The van der Waals surface area contributed by atoms with Crippen molar-refractivity contribution in [3.05, 3.63) is 59.7 Å². The van der Waals surface area contributed by atoms with Gasteiger partial charge in [0.05, 0.1) is 13.2 Å². The van der Waals surface area contributed by atoms with Crippen LogP contribution in [-0.4, -0.2) is 30.2 Å². The number of phenols is 1. The molecule has 0 saturated heterocycles. The molecule has 122 valence electrons. The first-order valence-corrected chi connectivity index (χ1v) is 7.44. The standard InChI is InChI=1S/C18H22N2O3/c1-13(16-6-4-5-7-17(16)21)20(2)18(22)19-12-14-8-10-15(23-3)11-9-14/h4-11,13,21H,12H2,1-3H3,(H,19,22)/t13-/m1/s1. The number of carbonyl (C=O) groups is 1. The molecular formula is C18H22N2O3. The van der Waals surface area contributed by atoms with E-state index in [1.165, 1.54) is 0 Å². The molecule has 0 aliphatic heterocycles. The van der Waals surface area contributed by atoms with Gasteiger partial charge in [-0.1, -0.05) is 30.3 Å². The molecule has 0 saturated carbocycles. The van der Waals surface area contributed by atoms with Gasteiger partial charge in [0.25, 0.3) is 0 Å². The number of amides is 2. The predicted octanol–water partition coefficient (Wildman–Crippen LogP) is 3.30. The van der Waals surface area contributed by atoms with Gasteiger partial charge in [0.1, 0.15) is 11.5 Å². The topological polar surface area (TPSA) is 61.8 Å². The summed E-state index contributed by atoms with van der Waals surface area (Å²) >= 11 is 0. The van der Waals surface area contributed by atoms with Crippen molar-refractivity contribution in [1.82, 2.24) is 10.2 Å². The Morgan fingerprint density at radius 2 is 1.87 bits per heavy atom. The van der Waals surface area contributed by atoms with Gasteiger partial charge in [0, 0.05) is 19.2 Å². The molecule has 5 heteroatoms. The van der Waals surface area contributed by atoms with E-state index in [9.17, 15) is 9.90 Å². The number of rotatable bonds is 5. The van der Waals surface area contributed by atoms with E-state index in [1.807, 2.05) is 43.3 Å². The van der Waals surface area contributed by atoms with Gasteiger partial charge in [-0.15, -0.1) is 0 Å². The Morgan fingerprint density at radius 1 is 1.22 bits per heavy atom. The fourth-order valence-electron chi connectivity index (χ4n) is 2.27. The highest BCUT2D eigenvalue weighted by molar-refractivity contribution is 5.74. The Morgan fingerprint density at radius 3 is 2.48 bits per heavy atom. The molecule has 1 atom stereocenters. The average molecular weight is 314 g/mol. The lowest BCUT2D eigenvalue weighted by Crippen LogP contribution is -2.38.